The van der Waals surface area contributed by atoms with Crippen molar-refractivity contribution >= 4 is 15.8 Å². The van der Waals surface area contributed by atoms with Crippen molar-refractivity contribution in [3.05, 3.63) is 42.1 Å². The van der Waals surface area contributed by atoms with Crippen LogP contribution in [0.5, 0.6) is 0 Å². The van der Waals surface area contributed by atoms with Crippen LogP contribution < -0.4 is 5.73 Å². The predicted molar refractivity (Wildman–Crippen MR) is 85.9 cm³/mol. The summed E-state index contributed by atoms with van der Waals surface area (Å²) in [6.45, 7) is 4.09. The van der Waals surface area contributed by atoms with Crippen molar-refractivity contribution in [2.45, 2.75) is 37.1 Å². The second-order valence-corrected chi connectivity index (χ2v) is 7.76. The monoisotopic (exact) mass is 333 g/mol. The SMILES string of the molecule is Cc1cc(N)nc([C@]2(C)CCCN2S(=O)(=O)c2cccnc2)n1. The fourth-order valence-electron chi connectivity index (χ4n) is 3.01. The number of anilines is 1. The molecule has 0 saturated carbocycles. The quantitative estimate of drug-likeness (QED) is 0.912. The zero-order valence-electron chi connectivity index (χ0n) is 13.1. The van der Waals surface area contributed by atoms with Crippen LogP contribution in [-0.4, -0.2) is 34.2 Å². The lowest BCUT2D eigenvalue weighted by Gasteiger charge is -2.33. The van der Waals surface area contributed by atoms with E-state index >= 15 is 0 Å². The Bertz CT molecular complexity index is 805. The molecule has 0 bridgehead atoms. The normalized spacial score (nSPS) is 22.3. The Balaban J connectivity index is 2.09. The van der Waals surface area contributed by atoms with E-state index < -0.39 is 15.6 Å². The second-order valence-electron chi connectivity index (χ2n) is 5.90. The molecular formula is C15H19N5O2S. The number of pyridine rings is 1. The van der Waals surface area contributed by atoms with Crippen molar-refractivity contribution in [1.29, 1.82) is 0 Å². The van der Waals surface area contributed by atoms with Gasteiger partial charge in [-0.15, -0.1) is 0 Å². The van der Waals surface area contributed by atoms with Gasteiger partial charge in [-0.1, -0.05) is 0 Å². The maximum atomic E-state index is 13.0. The van der Waals surface area contributed by atoms with Crippen LogP contribution in [0.2, 0.25) is 0 Å². The van der Waals surface area contributed by atoms with Gasteiger partial charge in [0.1, 0.15) is 10.7 Å². The van der Waals surface area contributed by atoms with Crippen LogP contribution in [0.3, 0.4) is 0 Å². The van der Waals surface area contributed by atoms with Gasteiger partial charge in [0.25, 0.3) is 0 Å². The van der Waals surface area contributed by atoms with Crippen molar-refractivity contribution in [3.8, 4) is 0 Å². The third-order valence-corrected chi connectivity index (χ3v) is 6.16. The molecule has 1 saturated heterocycles. The predicted octanol–water partition coefficient (Wildman–Crippen LogP) is 1.46. The van der Waals surface area contributed by atoms with Crippen LogP contribution in [0.25, 0.3) is 0 Å². The van der Waals surface area contributed by atoms with Gasteiger partial charge in [-0.3, -0.25) is 4.98 Å². The van der Waals surface area contributed by atoms with Gasteiger partial charge < -0.3 is 5.73 Å². The van der Waals surface area contributed by atoms with Gasteiger partial charge in [0, 0.05) is 30.7 Å². The minimum atomic E-state index is -3.67. The van der Waals surface area contributed by atoms with E-state index in [0.717, 1.165) is 12.1 Å². The minimum Gasteiger partial charge on any atom is -0.384 e. The number of hydrogen-bond acceptors (Lipinski definition) is 6. The molecular weight excluding hydrogens is 314 g/mol. The Morgan fingerprint density at radius 3 is 2.78 bits per heavy atom. The zero-order chi connectivity index (χ0) is 16.7. The molecule has 7 nitrogen and oxygen atoms in total. The molecule has 0 amide bonds. The summed E-state index contributed by atoms with van der Waals surface area (Å²) in [6.07, 6.45) is 4.30. The zero-order valence-corrected chi connectivity index (χ0v) is 13.9. The average molecular weight is 333 g/mol. The van der Waals surface area contributed by atoms with Crippen LogP contribution in [0.1, 0.15) is 31.3 Å². The highest BCUT2D eigenvalue weighted by atomic mass is 32.2. The first kappa shape index (κ1) is 15.8. The van der Waals surface area contributed by atoms with Crippen LogP contribution in [-0.2, 0) is 15.6 Å². The first-order valence-corrected chi connectivity index (χ1v) is 8.82. The molecule has 8 heteroatoms. The van der Waals surface area contributed by atoms with Crippen molar-refractivity contribution in [2.75, 3.05) is 12.3 Å². The van der Waals surface area contributed by atoms with Crippen molar-refractivity contribution in [3.63, 3.8) is 0 Å². The topological polar surface area (TPSA) is 102 Å². The second kappa shape index (κ2) is 5.54. The standard InChI is InChI=1S/C15H19N5O2S/c1-11-9-13(16)19-14(18-11)15(2)6-4-8-20(15)23(21,22)12-5-3-7-17-10-12/h3,5,7,9-10H,4,6,8H2,1-2H3,(H2,16,18,19)/t15-/m0/s1. The van der Waals surface area contributed by atoms with E-state index in [1.807, 2.05) is 13.8 Å². The number of sulfonamides is 1. The summed E-state index contributed by atoms with van der Waals surface area (Å²) >= 11 is 0. The lowest BCUT2D eigenvalue weighted by molar-refractivity contribution is 0.255. The van der Waals surface area contributed by atoms with Gasteiger partial charge in [-0.25, -0.2) is 18.4 Å². The summed E-state index contributed by atoms with van der Waals surface area (Å²) in [4.78, 5) is 12.8. The Kier molecular flexibility index (Phi) is 3.81. The molecule has 0 spiro atoms. The summed E-state index contributed by atoms with van der Waals surface area (Å²) in [5, 5.41) is 0. The average Bonchev–Trinajstić information content (AvgIpc) is 2.91. The number of rotatable bonds is 3. The molecule has 122 valence electrons. The van der Waals surface area contributed by atoms with Gasteiger partial charge in [-0.05, 0) is 38.8 Å². The third kappa shape index (κ3) is 2.68. The maximum Gasteiger partial charge on any atom is 0.245 e. The number of hydrogen-bond donors (Lipinski definition) is 1. The summed E-state index contributed by atoms with van der Waals surface area (Å²) in [6, 6.07) is 4.83. The molecule has 1 aliphatic rings. The summed E-state index contributed by atoms with van der Waals surface area (Å²) in [7, 11) is -3.67. The highest BCUT2D eigenvalue weighted by Gasteiger charge is 2.47. The van der Waals surface area contributed by atoms with Gasteiger partial charge in [0.15, 0.2) is 5.82 Å². The Hall–Kier alpha value is -2.06. The Morgan fingerprint density at radius 1 is 1.35 bits per heavy atom. The van der Waals surface area contributed by atoms with Crippen LogP contribution >= 0.6 is 0 Å². The smallest absolute Gasteiger partial charge is 0.245 e. The van der Waals surface area contributed by atoms with Gasteiger partial charge >= 0.3 is 0 Å². The number of nitrogens with two attached hydrogens (primary N) is 1. The molecule has 2 aromatic heterocycles. The Morgan fingerprint density at radius 2 is 2.13 bits per heavy atom. The number of nitrogens with zero attached hydrogens (tertiary/aromatic N) is 4. The van der Waals surface area contributed by atoms with Crippen LogP contribution in [0.15, 0.2) is 35.5 Å². The maximum absolute atomic E-state index is 13.0. The fraction of sp³-hybridized carbons (Fsp3) is 0.400. The van der Waals surface area contributed by atoms with E-state index in [2.05, 4.69) is 15.0 Å². The molecule has 1 atom stereocenters. The van der Waals surface area contributed by atoms with Gasteiger partial charge in [0.05, 0.1) is 5.54 Å². The van der Waals surface area contributed by atoms with E-state index in [0.29, 0.717) is 24.6 Å². The Labute approximate surface area is 135 Å². The largest absolute Gasteiger partial charge is 0.384 e. The van der Waals surface area contributed by atoms with Crippen LogP contribution in [0, 0.1) is 6.92 Å². The van der Waals surface area contributed by atoms with E-state index in [1.54, 1.807) is 24.4 Å². The highest BCUT2D eigenvalue weighted by Crippen LogP contribution is 2.40. The summed E-state index contributed by atoms with van der Waals surface area (Å²) < 4.78 is 27.4. The molecule has 2 N–H and O–H groups in total. The van der Waals surface area contributed by atoms with E-state index in [4.69, 9.17) is 5.73 Å². The number of aryl methyl sites for hydroxylation is 1. The van der Waals surface area contributed by atoms with Gasteiger partial charge in [0.2, 0.25) is 10.0 Å². The summed E-state index contributed by atoms with van der Waals surface area (Å²) in [5.74, 6) is 0.791. The van der Waals surface area contributed by atoms with Crippen LogP contribution in [0.4, 0.5) is 5.82 Å². The molecule has 3 rings (SSSR count). The first-order chi connectivity index (χ1) is 10.8. The summed E-state index contributed by atoms with van der Waals surface area (Å²) in [5.41, 5.74) is 5.73. The van der Waals surface area contributed by atoms with E-state index in [9.17, 15) is 8.42 Å². The third-order valence-electron chi connectivity index (χ3n) is 4.15. The molecule has 23 heavy (non-hydrogen) atoms. The lowest BCUT2D eigenvalue weighted by Crippen LogP contribution is -2.44. The first-order valence-electron chi connectivity index (χ1n) is 7.38. The lowest BCUT2D eigenvalue weighted by atomic mass is 9.99. The molecule has 0 radical (unpaired) electrons. The van der Waals surface area contributed by atoms with E-state index in [1.165, 1.54) is 10.5 Å². The minimum absolute atomic E-state index is 0.175. The molecule has 3 heterocycles. The molecule has 0 aliphatic carbocycles. The number of nitrogen functional groups attached to an aromatic ring is 1. The van der Waals surface area contributed by atoms with E-state index in [-0.39, 0.29) is 4.90 Å². The molecule has 2 aromatic rings. The molecule has 0 aromatic carbocycles. The van der Waals surface area contributed by atoms with Crippen molar-refractivity contribution in [2.24, 2.45) is 0 Å². The fourth-order valence-corrected chi connectivity index (χ4v) is 4.78. The molecule has 1 fully saturated rings. The van der Waals surface area contributed by atoms with Crippen molar-refractivity contribution in [1.82, 2.24) is 19.3 Å². The van der Waals surface area contributed by atoms with Crippen molar-refractivity contribution < 1.29 is 8.42 Å². The molecule has 1 aliphatic heterocycles. The number of aromatic nitrogens is 3. The highest BCUT2D eigenvalue weighted by molar-refractivity contribution is 7.89. The molecule has 0 unspecified atom stereocenters. The van der Waals surface area contributed by atoms with Gasteiger partial charge in [-0.2, -0.15) is 4.31 Å².